The Morgan fingerprint density at radius 2 is 2.10 bits per heavy atom. The van der Waals surface area contributed by atoms with Crippen LogP contribution < -0.4 is 10.2 Å². The molecule has 1 aromatic heterocycles. The zero-order chi connectivity index (χ0) is 15.0. The van der Waals surface area contributed by atoms with Crippen LogP contribution in [0.3, 0.4) is 0 Å². The van der Waals surface area contributed by atoms with E-state index < -0.39 is 0 Å². The lowest BCUT2D eigenvalue weighted by molar-refractivity contribution is -0.119. The number of aromatic nitrogens is 2. The first-order valence-electron chi connectivity index (χ1n) is 7.14. The molecule has 1 aromatic carbocycles. The van der Waals surface area contributed by atoms with Gasteiger partial charge >= 0.3 is 0 Å². The van der Waals surface area contributed by atoms with Crippen molar-refractivity contribution in [2.75, 3.05) is 11.9 Å². The molecule has 5 heteroatoms. The van der Waals surface area contributed by atoms with Gasteiger partial charge in [0, 0.05) is 50.6 Å². The van der Waals surface area contributed by atoms with Gasteiger partial charge in [-0.15, -0.1) is 0 Å². The zero-order valence-electron chi connectivity index (χ0n) is 12.6. The minimum Gasteiger partial charge on any atom is -0.315 e. The Labute approximate surface area is 124 Å². The van der Waals surface area contributed by atoms with Crippen LogP contribution in [0.1, 0.15) is 29.3 Å². The van der Waals surface area contributed by atoms with Gasteiger partial charge in [0.05, 0.1) is 5.69 Å². The second-order valence-corrected chi connectivity index (χ2v) is 5.56. The van der Waals surface area contributed by atoms with Gasteiger partial charge in [-0.1, -0.05) is 18.2 Å². The summed E-state index contributed by atoms with van der Waals surface area (Å²) < 4.78 is 1.82. The molecule has 0 aliphatic carbocycles. The van der Waals surface area contributed by atoms with Gasteiger partial charge in [-0.2, -0.15) is 5.10 Å². The van der Waals surface area contributed by atoms with Gasteiger partial charge in [-0.25, -0.2) is 0 Å². The van der Waals surface area contributed by atoms with Crippen LogP contribution in [-0.2, 0) is 18.4 Å². The van der Waals surface area contributed by atoms with Crippen LogP contribution in [0.15, 0.2) is 30.5 Å². The number of carbonyl (C=O) groups excluding carboxylic acids is 1. The number of hydrogen-bond acceptors (Lipinski definition) is 3. The number of fused-ring (bicyclic) bond motifs is 1. The molecule has 3 rings (SSSR count). The summed E-state index contributed by atoms with van der Waals surface area (Å²) in [7, 11) is 3.76. The fraction of sp³-hybridized carbons (Fsp3) is 0.375. The molecule has 0 fully saturated rings. The third-order valence-electron chi connectivity index (χ3n) is 4.08. The molecule has 5 nitrogen and oxygen atoms in total. The Hall–Kier alpha value is -2.14. The standard InChI is InChI=1S/C16H20N4O/c1-11-12(10-19(2)18-11)9-17-14-8-16(21)20(3)15-7-5-4-6-13(14)15/h4-7,10,14,17H,8-9H2,1-3H3. The molecule has 0 spiro atoms. The minimum atomic E-state index is 0.0597. The second-order valence-electron chi connectivity index (χ2n) is 5.56. The maximum atomic E-state index is 12.1. The number of nitrogens with one attached hydrogen (secondary N) is 1. The van der Waals surface area contributed by atoms with Crippen molar-refractivity contribution in [3.05, 3.63) is 47.3 Å². The normalized spacial score (nSPS) is 18.0. The molecule has 0 bridgehead atoms. The van der Waals surface area contributed by atoms with Crippen LogP contribution in [0.25, 0.3) is 0 Å². The summed E-state index contributed by atoms with van der Waals surface area (Å²) >= 11 is 0. The summed E-state index contributed by atoms with van der Waals surface area (Å²) in [4.78, 5) is 13.9. The Kier molecular flexibility index (Phi) is 3.51. The van der Waals surface area contributed by atoms with E-state index in [1.165, 1.54) is 11.1 Å². The second kappa shape index (κ2) is 5.33. The molecule has 1 N–H and O–H groups in total. The van der Waals surface area contributed by atoms with E-state index in [9.17, 15) is 4.79 Å². The first-order chi connectivity index (χ1) is 10.1. The molecule has 110 valence electrons. The summed E-state index contributed by atoms with van der Waals surface area (Å²) in [6, 6.07) is 8.13. The minimum absolute atomic E-state index is 0.0597. The lowest BCUT2D eigenvalue weighted by atomic mass is 9.96. The molecule has 2 aromatic rings. The summed E-state index contributed by atoms with van der Waals surface area (Å²) in [5, 5.41) is 7.85. The number of para-hydroxylation sites is 1. The van der Waals surface area contributed by atoms with Crippen molar-refractivity contribution in [3.8, 4) is 0 Å². The predicted octanol–water partition coefficient (Wildman–Crippen LogP) is 1.93. The highest BCUT2D eigenvalue weighted by Crippen LogP contribution is 2.33. The van der Waals surface area contributed by atoms with Crippen molar-refractivity contribution >= 4 is 11.6 Å². The van der Waals surface area contributed by atoms with Gasteiger partial charge in [0.25, 0.3) is 0 Å². The molecule has 1 atom stereocenters. The number of rotatable bonds is 3. The van der Waals surface area contributed by atoms with Crippen molar-refractivity contribution in [1.29, 1.82) is 0 Å². The fourth-order valence-electron chi connectivity index (χ4n) is 2.88. The maximum Gasteiger partial charge on any atom is 0.228 e. The average molecular weight is 284 g/mol. The first kappa shape index (κ1) is 13.8. The highest BCUT2D eigenvalue weighted by Gasteiger charge is 2.28. The van der Waals surface area contributed by atoms with Crippen LogP contribution in [0, 0.1) is 6.92 Å². The Morgan fingerprint density at radius 3 is 2.81 bits per heavy atom. The van der Waals surface area contributed by atoms with E-state index in [4.69, 9.17) is 0 Å². The van der Waals surface area contributed by atoms with Crippen LogP contribution in [0.2, 0.25) is 0 Å². The van der Waals surface area contributed by atoms with Crippen LogP contribution in [0.4, 0.5) is 5.69 Å². The van der Waals surface area contributed by atoms with Crippen molar-refractivity contribution in [1.82, 2.24) is 15.1 Å². The summed E-state index contributed by atoms with van der Waals surface area (Å²) in [6.07, 6.45) is 2.51. The number of anilines is 1. The molecular formula is C16H20N4O. The summed E-state index contributed by atoms with van der Waals surface area (Å²) in [5.74, 6) is 0.147. The number of aryl methyl sites for hydroxylation is 2. The van der Waals surface area contributed by atoms with Gasteiger partial charge in [0.1, 0.15) is 0 Å². The Morgan fingerprint density at radius 1 is 1.33 bits per heavy atom. The first-order valence-corrected chi connectivity index (χ1v) is 7.14. The lowest BCUT2D eigenvalue weighted by Crippen LogP contribution is -2.37. The van der Waals surface area contributed by atoms with Gasteiger partial charge < -0.3 is 10.2 Å². The van der Waals surface area contributed by atoms with Gasteiger partial charge in [0.2, 0.25) is 5.91 Å². The van der Waals surface area contributed by atoms with E-state index in [0.29, 0.717) is 6.42 Å². The van der Waals surface area contributed by atoms with E-state index in [0.717, 1.165) is 17.9 Å². The van der Waals surface area contributed by atoms with Gasteiger partial charge in [-0.3, -0.25) is 9.48 Å². The smallest absolute Gasteiger partial charge is 0.228 e. The van der Waals surface area contributed by atoms with E-state index in [1.807, 2.05) is 50.1 Å². The molecule has 1 aliphatic heterocycles. The topological polar surface area (TPSA) is 50.2 Å². The Bertz CT molecular complexity index is 677. The maximum absolute atomic E-state index is 12.1. The molecule has 2 heterocycles. The van der Waals surface area contributed by atoms with Gasteiger partial charge in [-0.05, 0) is 18.6 Å². The fourth-order valence-corrected chi connectivity index (χ4v) is 2.88. The van der Waals surface area contributed by atoms with E-state index in [-0.39, 0.29) is 11.9 Å². The molecule has 1 aliphatic rings. The van der Waals surface area contributed by atoms with Crippen molar-refractivity contribution in [3.63, 3.8) is 0 Å². The number of carbonyl (C=O) groups is 1. The third-order valence-corrected chi connectivity index (χ3v) is 4.08. The summed E-state index contributed by atoms with van der Waals surface area (Å²) in [5.41, 5.74) is 4.37. The lowest BCUT2D eigenvalue weighted by Gasteiger charge is -2.32. The predicted molar refractivity (Wildman–Crippen MR) is 82.0 cm³/mol. The van der Waals surface area contributed by atoms with Crippen molar-refractivity contribution in [2.45, 2.75) is 25.9 Å². The van der Waals surface area contributed by atoms with E-state index in [1.54, 1.807) is 4.90 Å². The highest BCUT2D eigenvalue weighted by atomic mass is 16.2. The number of benzene rings is 1. The largest absolute Gasteiger partial charge is 0.315 e. The molecule has 0 radical (unpaired) electrons. The van der Waals surface area contributed by atoms with E-state index >= 15 is 0 Å². The third kappa shape index (κ3) is 2.56. The summed E-state index contributed by atoms with van der Waals surface area (Å²) in [6.45, 7) is 2.72. The average Bonchev–Trinajstić information content (AvgIpc) is 2.79. The quantitative estimate of drug-likeness (QED) is 0.937. The van der Waals surface area contributed by atoms with Crippen LogP contribution in [0.5, 0.6) is 0 Å². The number of hydrogen-bond donors (Lipinski definition) is 1. The Balaban J connectivity index is 1.81. The molecule has 21 heavy (non-hydrogen) atoms. The highest BCUT2D eigenvalue weighted by molar-refractivity contribution is 5.96. The molecule has 0 saturated carbocycles. The monoisotopic (exact) mass is 284 g/mol. The van der Waals surface area contributed by atoms with Crippen LogP contribution >= 0.6 is 0 Å². The molecule has 1 amide bonds. The van der Waals surface area contributed by atoms with Crippen molar-refractivity contribution < 1.29 is 4.79 Å². The molecule has 0 saturated heterocycles. The van der Waals surface area contributed by atoms with Crippen LogP contribution in [-0.4, -0.2) is 22.7 Å². The molecular weight excluding hydrogens is 264 g/mol. The number of amides is 1. The van der Waals surface area contributed by atoms with Gasteiger partial charge in [0.15, 0.2) is 0 Å². The zero-order valence-corrected chi connectivity index (χ0v) is 12.6. The van der Waals surface area contributed by atoms with Crippen molar-refractivity contribution in [2.24, 2.45) is 7.05 Å². The SMILES string of the molecule is Cc1nn(C)cc1CNC1CC(=O)N(C)c2ccccc21. The molecule has 1 unspecified atom stereocenters. The van der Waals surface area contributed by atoms with E-state index in [2.05, 4.69) is 16.5 Å². The number of nitrogens with zero attached hydrogens (tertiary/aromatic N) is 3.